The van der Waals surface area contributed by atoms with Gasteiger partial charge < -0.3 is 15.4 Å². The lowest BCUT2D eigenvalue weighted by Gasteiger charge is -2.24. The van der Waals surface area contributed by atoms with Crippen LogP contribution in [0.5, 0.6) is 5.75 Å². The Morgan fingerprint density at radius 1 is 0.960 bits per heavy atom. The van der Waals surface area contributed by atoms with E-state index in [1.807, 2.05) is 36.5 Å². The van der Waals surface area contributed by atoms with Crippen molar-refractivity contribution >= 4 is 34.8 Å². The Morgan fingerprint density at radius 3 is 2.64 bits per heavy atom. The Kier molecular flexibility index (Phi) is 5.68. The van der Waals surface area contributed by atoms with Crippen LogP contribution < -0.4 is 15.4 Å². The molecular weight excluding hydrogens is 336 g/mol. The summed E-state index contributed by atoms with van der Waals surface area (Å²) in [7, 11) is 0. The van der Waals surface area contributed by atoms with Crippen molar-refractivity contribution in [3.63, 3.8) is 0 Å². The molecule has 1 aliphatic heterocycles. The van der Waals surface area contributed by atoms with Gasteiger partial charge >= 0.3 is 0 Å². The van der Waals surface area contributed by atoms with Crippen LogP contribution in [-0.2, 0) is 0 Å². The zero-order valence-electron chi connectivity index (χ0n) is 13.8. The average molecular weight is 357 g/mol. The van der Waals surface area contributed by atoms with Gasteiger partial charge in [-0.3, -0.25) is 0 Å². The molecule has 3 heterocycles. The molecule has 0 spiro atoms. The molecule has 25 heavy (non-hydrogen) atoms. The van der Waals surface area contributed by atoms with Gasteiger partial charge in [0.25, 0.3) is 0 Å². The summed E-state index contributed by atoms with van der Waals surface area (Å²) in [5.41, 5.74) is 0. The van der Waals surface area contributed by atoms with Gasteiger partial charge in [-0.25, -0.2) is 9.97 Å². The minimum atomic E-state index is 0. The summed E-state index contributed by atoms with van der Waals surface area (Å²) in [5, 5.41) is 8.79. The Hall–Kier alpha value is -2.37. The van der Waals surface area contributed by atoms with E-state index in [-0.39, 0.29) is 12.4 Å². The maximum atomic E-state index is 6.13. The number of nitrogens with zero attached hydrogens (tertiary/aromatic N) is 2. The van der Waals surface area contributed by atoms with Gasteiger partial charge in [0.2, 0.25) is 0 Å². The van der Waals surface area contributed by atoms with Crippen LogP contribution in [0.15, 0.2) is 54.9 Å². The smallest absolute Gasteiger partial charge is 0.132 e. The van der Waals surface area contributed by atoms with Crippen molar-refractivity contribution < 1.29 is 4.74 Å². The monoisotopic (exact) mass is 356 g/mol. The first-order chi connectivity index (χ1) is 11.9. The van der Waals surface area contributed by atoms with Gasteiger partial charge in [-0.15, -0.1) is 12.4 Å². The van der Waals surface area contributed by atoms with Crippen LogP contribution in [0.2, 0.25) is 0 Å². The molecule has 1 aromatic carbocycles. The molecule has 0 aliphatic carbocycles. The first kappa shape index (κ1) is 17.5. The molecule has 1 aliphatic rings. The van der Waals surface area contributed by atoms with Crippen molar-refractivity contribution in [2.24, 2.45) is 0 Å². The second kappa shape index (κ2) is 8.14. The number of benzene rings is 1. The zero-order valence-corrected chi connectivity index (χ0v) is 14.6. The van der Waals surface area contributed by atoms with Gasteiger partial charge in [-0.2, -0.15) is 0 Å². The van der Waals surface area contributed by atoms with Crippen LogP contribution in [-0.4, -0.2) is 29.2 Å². The number of hydrogen-bond acceptors (Lipinski definition) is 5. The van der Waals surface area contributed by atoms with E-state index in [0.29, 0.717) is 6.10 Å². The number of aromatic nitrogens is 2. The fourth-order valence-electron chi connectivity index (χ4n) is 2.93. The minimum Gasteiger partial charge on any atom is -0.490 e. The number of fused-ring (bicyclic) bond motifs is 1. The van der Waals surface area contributed by atoms with Crippen molar-refractivity contribution in [3.8, 4) is 5.75 Å². The van der Waals surface area contributed by atoms with Crippen LogP contribution in [0.25, 0.3) is 10.8 Å². The highest BCUT2D eigenvalue weighted by molar-refractivity contribution is 5.86. The Morgan fingerprint density at radius 2 is 1.84 bits per heavy atom. The first-order valence-corrected chi connectivity index (χ1v) is 8.32. The molecule has 4 rings (SSSR count). The van der Waals surface area contributed by atoms with Crippen LogP contribution >= 0.6 is 12.4 Å². The summed E-state index contributed by atoms with van der Waals surface area (Å²) in [6, 6.07) is 14.0. The summed E-state index contributed by atoms with van der Waals surface area (Å²) in [6.45, 7) is 2.06. The van der Waals surface area contributed by atoms with Gasteiger partial charge in [-0.05, 0) is 67.7 Å². The Labute approximate surface area is 153 Å². The van der Waals surface area contributed by atoms with Crippen LogP contribution in [0.4, 0.5) is 11.6 Å². The van der Waals surface area contributed by atoms with Gasteiger partial charge in [0.05, 0.1) is 0 Å². The summed E-state index contributed by atoms with van der Waals surface area (Å²) < 4.78 is 6.13. The summed E-state index contributed by atoms with van der Waals surface area (Å²) >= 11 is 0. The zero-order chi connectivity index (χ0) is 16.2. The van der Waals surface area contributed by atoms with Crippen LogP contribution in [0.3, 0.4) is 0 Å². The number of anilines is 2. The summed E-state index contributed by atoms with van der Waals surface area (Å²) in [5.74, 6) is 2.48. The highest BCUT2D eigenvalue weighted by atomic mass is 35.5. The van der Waals surface area contributed by atoms with E-state index in [1.165, 1.54) is 0 Å². The third-order valence-corrected chi connectivity index (χ3v) is 4.20. The predicted octanol–water partition coefficient (Wildman–Crippen LogP) is 3.93. The number of nitrogens with one attached hydrogen (secondary N) is 2. The maximum absolute atomic E-state index is 6.13. The second-order valence-corrected chi connectivity index (χ2v) is 5.99. The maximum Gasteiger partial charge on any atom is 0.132 e. The molecule has 6 heteroatoms. The molecule has 0 amide bonds. The SMILES string of the molecule is Cl.c1ccc(Nc2cc3cc(OC4CCNCC4)ccc3cn2)nc1. The van der Waals surface area contributed by atoms with E-state index in [4.69, 9.17) is 4.74 Å². The predicted molar refractivity (Wildman–Crippen MR) is 103 cm³/mol. The fourth-order valence-corrected chi connectivity index (χ4v) is 2.93. The molecule has 130 valence electrons. The van der Waals surface area contributed by atoms with Gasteiger partial charge in [0.15, 0.2) is 0 Å². The van der Waals surface area contributed by atoms with Gasteiger partial charge in [0, 0.05) is 17.8 Å². The van der Waals surface area contributed by atoms with Gasteiger partial charge in [-0.1, -0.05) is 6.07 Å². The third kappa shape index (κ3) is 4.38. The molecule has 1 fully saturated rings. The summed E-state index contributed by atoms with van der Waals surface area (Å²) in [6.07, 6.45) is 6.04. The Bertz CT molecular complexity index is 822. The second-order valence-electron chi connectivity index (χ2n) is 5.99. The normalized spacial score (nSPS) is 14.7. The van der Waals surface area contributed by atoms with E-state index in [9.17, 15) is 0 Å². The van der Waals surface area contributed by atoms with Crippen molar-refractivity contribution in [2.45, 2.75) is 18.9 Å². The van der Waals surface area contributed by atoms with E-state index in [1.54, 1.807) is 6.20 Å². The largest absolute Gasteiger partial charge is 0.490 e. The topological polar surface area (TPSA) is 59.1 Å². The van der Waals surface area contributed by atoms with E-state index >= 15 is 0 Å². The van der Waals surface area contributed by atoms with Crippen LogP contribution in [0, 0.1) is 0 Å². The molecule has 0 bridgehead atoms. The molecule has 2 N–H and O–H groups in total. The van der Waals surface area contributed by atoms with Crippen LogP contribution in [0.1, 0.15) is 12.8 Å². The number of piperidine rings is 1. The molecule has 0 saturated carbocycles. The van der Waals surface area contributed by atoms with Crippen molar-refractivity contribution in [1.29, 1.82) is 0 Å². The summed E-state index contributed by atoms with van der Waals surface area (Å²) in [4.78, 5) is 8.71. The third-order valence-electron chi connectivity index (χ3n) is 4.20. The molecule has 3 aromatic rings. The standard InChI is InChI=1S/C19H20N4O.ClH/c1-2-8-21-18(3-1)23-19-12-15-11-17(5-4-14(15)13-22-19)24-16-6-9-20-10-7-16;/h1-5,8,11-13,16,20H,6-7,9-10H2,(H,21,22,23);1H. The molecule has 0 unspecified atom stereocenters. The van der Waals surface area contributed by atoms with Crippen molar-refractivity contribution in [3.05, 3.63) is 54.9 Å². The lowest BCUT2D eigenvalue weighted by atomic mass is 10.1. The molecule has 0 atom stereocenters. The molecule has 5 nitrogen and oxygen atoms in total. The van der Waals surface area contributed by atoms with E-state index in [0.717, 1.165) is 54.1 Å². The minimum absolute atomic E-state index is 0. The number of rotatable bonds is 4. The molecule has 0 radical (unpaired) electrons. The average Bonchev–Trinajstić information content (AvgIpc) is 2.63. The van der Waals surface area contributed by atoms with E-state index in [2.05, 4.69) is 32.7 Å². The van der Waals surface area contributed by atoms with Gasteiger partial charge in [0.1, 0.15) is 23.5 Å². The number of pyridine rings is 2. The number of halogens is 1. The van der Waals surface area contributed by atoms with Crippen molar-refractivity contribution in [2.75, 3.05) is 18.4 Å². The Balaban J connectivity index is 0.00000182. The molecular formula is C19H21ClN4O. The number of hydrogen-bond donors (Lipinski definition) is 2. The number of ether oxygens (including phenoxy) is 1. The lowest BCUT2D eigenvalue weighted by Crippen LogP contribution is -2.34. The quantitative estimate of drug-likeness (QED) is 0.741. The fraction of sp³-hybridized carbons (Fsp3) is 0.263. The molecule has 1 saturated heterocycles. The van der Waals surface area contributed by atoms with E-state index < -0.39 is 0 Å². The lowest BCUT2D eigenvalue weighted by molar-refractivity contribution is 0.162. The molecule has 2 aromatic heterocycles. The first-order valence-electron chi connectivity index (χ1n) is 8.32. The highest BCUT2D eigenvalue weighted by Crippen LogP contribution is 2.25. The van der Waals surface area contributed by atoms with Crippen molar-refractivity contribution in [1.82, 2.24) is 15.3 Å². The highest BCUT2D eigenvalue weighted by Gasteiger charge is 2.14.